The second-order valence-corrected chi connectivity index (χ2v) is 5.11. The first-order valence-corrected chi connectivity index (χ1v) is 6.53. The molecular weight excluding hydrogens is 229 g/mol. The molecule has 0 aliphatic heterocycles. The second-order valence-electron chi connectivity index (χ2n) is 5.11. The van der Waals surface area contributed by atoms with Gasteiger partial charge < -0.3 is 10.1 Å². The zero-order valence-electron chi connectivity index (χ0n) is 11.8. The van der Waals surface area contributed by atoms with E-state index in [0.717, 1.165) is 18.5 Å². The normalized spacial score (nSPS) is 13.6. The van der Waals surface area contributed by atoms with E-state index in [9.17, 15) is 4.39 Å². The summed E-state index contributed by atoms with van der Waals surface area (Å²) in [5.74, 6) is -0.146. The molecule has 1 rings (SSSR count). The lowest BCUT2D eigenvalue weighted by Crippen LogP contribution is -2.49. The number of benzene rings is 1. The number of hydrogen-bond acceptors (Lipinski definition) is 2. The van der Waals surface area contributed by atoms with Crippen LogP contribution in [0.2, 0.25) is 0 Å². The molecule has 0 radical (unpaired) electrons. The zero-order chi connectivity index (χ0) is 13.6. The molecule has 0 aliphatic carbocycles. The minimum atomic E-state index is -0.322. The van der Waals surface area contributed by atoms with E-state index in [2.05, 4.69) is 12.2 Å². The summed E-state index contributed by atoms with van der Waals surface area (Å²) in [6, 6.07) is 7.02. The lowest BCUT2D eigenvalue weighted by Gasteiger charge is -2.34. The first-order chi connectivity index (χ1) is 8.51. The van der Waals surface area contributed by atoms with Gasteiger partial charge in [-0.15, -0.1) is 0 Å². The fourth-order valence-electron chi connectivity index (χ4n) is 1.91. The van der Waals surface area contributed by atoms with E-state index >= 15 is 0 Å². The van der Waals surface area contributed by atoms with Crippen molar-refractivity contribution < 1.29 is 9.13 Å². The van der Waals surface area contributed by atoms with Crippen molar-refractivity contribution in [3.05, 3.63) is 35.6 Å². The van der Waals surface area contributed by atoms with E-state index in [1.807, 2.05) is 26.0 Å². The quantitative estimate of drug-likeness (QED) is 0.806. The van der Waals surface area contributed by atoms with E-state index in [1.54, 1.807) is 13.2 Å². The Morgan fingerprint density at radius 2 is 2.00 bits per heavy atom. The maximum Gasteiger partial charge on any atom is 0.126 e. The number of nitrogens with one attached hydrogen (secondary N) is 1. The number of methoxy groups -OCH3 is 1. The van der Waals surface area contributed by atoms with Gasteiger partial charge in [-0.25, -0.2) is 4.39 Å². The van der Waals surface area contributed by atoms with Crippen LogP contribution in [0.1, 0.15) is 32.8 Å². The molecule has 1 unspecified atom stereocenters. The Bertz CT molecular complexity index is 365. The predicted molar refractivity (Wildman–Crippen MR) is 73.3 cm³/mol. The summed E-state index contributed by atoms with van der Waals surface area (Å²) >= 11 is 0. The van der Waals surface area contributed by atoms with E-state index in [-0.39, 0.29) is 17.5 Å². The minimum absolute atomic E-state index is 0.0966. The van der Waals surface area contributed by atoms with Crippen LogP contribution in [0.25, 0.3) is 0 Å². The van der Waals surface area contributed by atoms with Crippen molar-refractivity contribution in [3.63, 3.8) is 0 Å². The van der Waals surface area contributed by atoms with Gasteiger partial charge in [-0.05, 0) is 44.9 Å². The van der Waals surface area contributed by atoms with Gasteiger partial charge in [0.1, 0.15) is 5.82 Å². The molecule has 0 spiro atoms. The van der Waals surface area contributed by atoms with Gasteiger partial charge in [0.15, 0.2) is 0 Å². The molecule has 1 atom stereocenters. The molecule has 0 aromatic heterocycles. The Balaban J connectivity index is 2.81. The number of hydrogen-bond donors (Lipinski definition) is 1. The van der Waals surface area contributed by atoms with Crippen LogP contribution in [0.4, 0.5) is 4.39 Å². The molecule has 0 fully saturated rings. The van der Waals surface area contributed by atoms with Crippen molar-refractivity contribution in [1.82, 2.24) is 5.32 Å². The highest BCUT2D eigenvalue weighted by Gasteiger charge is 2.29. The summed E-state index contributed by atoms with van der Waals surface area (Å²) in [4.78, 5) is 0. The van der Waals surface area contributed by atoms with Gasteiger partial charge in [0.05, 0.1) is 5.60 Å². The van der Waals surface area contributed by atoms with Gasteiger partial charge >= 0.3 is 0 Å². The van der Waals surface area contributed by atoms with Gasteiger partial charge in [0, 0.05) is 13.2 Å². The molecule has 0 saturated heterocycles. The Hall–Kier alpha value is -0.930. The van der Waals surface area contributed by atoms with Crippen LogP contribution in [0.15, 0.2) is 24.3 Å². The molecule has 0 saturated carbocycles. The Morgan fingerprint density at radius 3 is 2.56 bits per heavy atom. The van der Waals surface area contributed by atoms with E-state index in [1.165, 1.54) is 6.07 Å². The van der Waals surface area contributed by atoms with Crippen molar-refractivity contribution in [2.45, 2.75) is 45.3 Å². The van der Waals surface area contributed by atoms with Gasteiger partial charge in [0.2, 0.25) is 0 Å². The highest BCUT2D eigenvalue weighted by atomic mass is 19.1. The molecule has 102 valence electrons. The second kappa shape index (κ2) is 6.86. The van der Waals surface area contributed by atoms with Crippen LogP contribution in [0.3, 0.4) is 0 Å². The molecule has 3 heteroatoms. The molecule has 0 amide bonds. The Morgan fingerprint density at radius 1 is 1.33 bits per heavy atom. The average Bonchev–Trinajstić information content (AvgIpc) is 2.36. The monoisotopic (exact) mass is 253 g/mol. The number of rotatable bonds is 7. The highest BCUT2D eigenvalue weighted by molar-refractivity contribution is 5.19. The third kappa shape index (κ3) is 4.07. The summed E-state index contributed by atoms with van der Waals surface area (Å²) in [7, 11) is 1.70. The van der Waals surface area contributed by atoms with Gasteiger partial charge in [0.25, 0.3) is 0 Å². The third-order valence-electron chi connectivity index (χ3n) is 3.39. The third-order valence-corrected chi connectivity index (χ3v) is 3.39. The van der Waals surface area contributed by atoms with Crippen LogP contribution in [0.5, 0.6) is 0 Å². The fraction of sp³-hybridized carbons (Fsp3) is 0.600. The Kier molecular flexibility index (Phi) is 5.76. The SMILES string of the molecule is CCCNC(Cc1ccccc1F)C(C)(C)OC. The highest BCUT2D eigenvalue weighted by Crippen LogP contribution is 2.19. The molecule has 0 heterocycles. The maximum absolute atomic E-state index is 13.7. The summed E-state index contributed by atoms with van der Waals surface area (Å²) < 4.78 is 19.2. The van der Waals surface area contributed by atoms with E-state index < -0.39 is 0 Å². The lowest BCUT2D eigenvalue weighted by atomic mass is 9.92. The molecule has 1 N–H and O–H groups in total. The lowest BCUT2D eigenvalue weighted by molar-refractivity contribution is -0.0102. The topological polar surface area (TPSA) is 21.3 Å². The minimum Gasteiger partial charge on any atom is -0.377 e. The molecule has 2 nitrogen and oxygen atoms in total. The smallest absolute Gasteiger partial charge is 0.126 e. The van der Waals surface area contributed by atoms with Crippen molar-refractivity contribution in [2.24, 2.45) is 0 Å². The molecule has 1 aromatic rings. The molecule has 0 aliphatic rings. The molecule has 0 bridgehead atoms. The van der Waals surface area contributed by atoms with E-state index in [4.69, 9.17) is 4.74 Å². The van der Waals surface area contributed by atoms with E-state index in [0.29, 0.717) is 6.42 Å². The van der Waals surface area contributed by atoms with Crippen LogP contribution in [0, 0.1) is 5.82 Å². The van der Waals surface area contributed by atoms with Crippen LogP contribution in [-0.4, -0.2) is 25.3 Å². The largest absolute Gasteiger partial charge is 0.377 e. The van der Waals surface area contributed by atoms with Crippen molar-refractivity contribution >= 4 is 0 Å². The molecular formula is C15H24FNO. The summed E-state index contributed by atoms with van der Waals surface area (Å²) in [6.07, 6.45) is 1.68. The van der Waals surface area contributed by atoms with Crippen molar-refractivity contribution in [1.29, 1.82) is 0 Å². The van der Waals surface area contributed by atoms with Gasteiger partial charge in [-0.2, -0.15) is 0 Å². The van der Waals surface area contributed by atoms with Crippen LogP contribution < -0.4 is 5.32 Å². The first kappa shape index (κ1) is 15.1. The molecule has 1 aromatic carbocycles. The molecule has 18 heavy (non-hydrogen) atoms. The van der Waals surface area contributed by atoms with Gasteiger partial charge in [-0.3, -0.25) is 0 Å². The van der Waals surface area contributed by atoms with Crippen LogP contribution >= 0.6 is 0 Å². The first-order valence-electron chi connectivity index (χ1n) is 6.53. The Labute approximate surface area is 110 Å². The van der Waals surface area contributed by atoms with Crippen molar-refractivity contribution in [2.75, 3.05) is 13.7 Å². The summed E-state index contributed by atoms with van der Waals surface area (Å²) in [5, 5.41) is 3.44. The van der Waals surface area contributed by atoms with Gasteiger partial charge in [-0.1, -0.05) is 25.1 Å². The number of halogens is 1. The maximum atomic E-state index is 13.7. The summed E-state index contributed by atoms with van der Waals surface area (Å²) in [6.45, 7) is 7.08. The standard InChI is InChI=1S/C15H24FNO/c1-5-10-17-14(15(2,3)18-4)11-12-8-6-7-9-13(12)16/h6-9,14,17H,5,10-11H2,1-4H3. The average molecular weight is 253 g/mol. The van der Waals surface area contributed by atoms with Crippen LogP contribution in [-0.2, 0) is 11.2 Å². The number of ether oxygens (including phenoxy) is 1. The fourth-order valence-corrected chi connectivity index (χ4v) is 1.91. The predicted octanol–water partition coefficient (Wildman–Crippen LogP) is 3.16. The summed E-state index contributed by atoms with van der Waals surface area (Å²) in [5.41, 5.74) is 0.411. The van der Waals surface area contributed by atoms with Crippen molar-refractivity contribution in [3.8, 4) is 0 Å². The zero-order valence-corrected chi connectivity index (χ0v) is 11.8.